The molecule has 1 aliphatic carbocycles. The fraction of sp³-hybridized carbons (Fsp3) is 0.600. The van der Waals surface area contributed by atoms with E-state index in [9.17, 15) is 0 Å². The monoisotopic (exact) mass is 371 g/mol. The summed E-state index contributed by atoms with van der Waals surface area (Å²) >= 11 is 5.89. The summed E-state index contributed by atoms with van der Waals surface area (Å²) in [7, 11) is 0. The van der Waals surface area contributed by atoms with Crippen molar-refractivity contribution >= 4 is 17.9 Å². The van der Waals surface area contributed by atoms with Gasteiger partial charge in [0.05, 0.1) is 6.67 Å². The van der Waals surface area contributed by atoms with E-state index in [2.05, 4.69) is 49.9 Å². The van der Waals surface area contributed by atoms with Crippen molar-refractivity contribution in [3.63, 3.8) is 0 Å². The molecule has 5 nitrogen and oxygen atoms in total. The molecule has 1 saturated heterocycles. The first kappa shape index (κ1) is 17.7. The predicted molar refractivity (Wildman–Crippen MR) is 108 cm³/mol. The molecule has 3 heterocycles. The van der Waals surface area contributed by atoms with Gasteiger partial charge in [0.15, 0.2) is 4.77 Å². The highest BCUT2D eigenvalue weighted by molar-refractivity contribution is 7.71. The third-order valence-electron chi connectivity index (χ3n) is 6.16. The van der Waals surface area contributed by atoms with Gasteiger partial charge in [0.2, 0.25) is 0 Å². The molecular formula is C20H29N5S. The number of hydrogen-bond donors (Lipinski definition) is 0. The van der Waals surface area contributed by atoms with E-state index in [1.165, 1.54) is 42.8 Å². The first-order chi connectivity index (χ1) is 12.6. The molecule has 0 bridgehead atoms. The minimum absolute atomic E-state index is 0.617. The molecule has 1 aliphatic heterocycles. The highest BCUT2D eigenvalue weighted by Crippen LogP contribution is 2.32. The fourth-order valence-electron chi connectivity index (χ4n) is 4.45. The molecule has 1 saturated carbocycles. The zero-order chi connectivity index (χ0) is 18.1. The Morgan fingerprint density at radius 3 is 2.31 bits per heavy atom. The van der Waals surface area contributed by atoms with Crippen LogP contribution in [-0.2, 0) is 6.67 Å². The first-order valence-corrected chi connectivity index (χ1v) is 10.2. The Balaban J connectivity index is 1.45. The number of aromatic nitrogens is 3. The zero-order valence-corrected chi connectivity index (χ0v) is 16.7. The number of rotatable bonds is 4. The molecule has 0 radical (unpaired) electrons. The van der Waals surface area contributed by atoms with Gasteiger partial charge >= 0.3 is 0 Å². The Bertz CT molecular complexity index is 796. The van der Waals surface area contributed by atoms with Crippen molar-refractivity contribution in [3.05, 3.63) is 40.7 Å². The summed E-state index contributed by atoms with van der Waals surface area (Å²) in [6.45, 7) is 9.62. The Labute approximate surface area is 161 Å². The van der Waals surface area contributed by atoms with E-state index in [-0.39, 0.29) is 0 Å². The van der Waals surface area contributed by atoms with Crippen LogP contribution in [0.4, 0.5) is 5.69 Å². The minimum atomic E-state index is 0.617. The summed E-state index contributed by atoms with van der Waals surface area (Å²) in [4.78, 5) is 9.09. The van der Waals surface area contributed by atoms with Gasteiger partial charge in [-0.1, -0.05) is 12.8 Å². The molecule has 6 heteroatoms. The molecule has 0 N–H and O–H groups in total. The Hall–Kier alpha value is -1.66. The van der Waals surface area contributed by atoms with Crippen LogP contribution in [0.15, 0.2) is 24.5 Å². The smallest absolute Gasteiger partial charge is 0.181 e. The van der Waals surface area contributed by atoms with Crippen molar-refractivity contribution in [1.29, 1.82) is 0 Å². The average Bonchev–Trinajstić information content (AvgIpc) is 3.27. The molecule has 4 rings (SSSR count). The van der Waals surface area contributed by atoms with Crippen LogP contribution in [0.3, 0.4) is 0 Å². The van der Waals surface area contributed by atoms with Gasteiger partial charge in [-0.3, -0.25) is 9.88 Å². The molecule has 0 aromatic carbocycles. The number of nitrogens with zero attached hydrogens (tertiary/aromatic N) is 5. The number of anilines is 1. The summed E-state index contributed by atoms with van der Waals surface area (Å²) in [5.41, 5.74) is 3.96. The zero-order valence-electron chi connectivity index (χ0n) is 15.9. The van der Waals surface area contributed by atoms with Gasteiger partial charge < -0.3 is 14.0 Å². The molecule has 0 unspecified atom stereocenters. The first-order valence-electron chi connectivity index (χ1n) is 9.80. The third kappa shape index (κ3) is 3.32. The lowest BCUT2D eigenvalue weighted by Gasteiger charge is -2.36. The number of pyridine rings is 1. The van der Waals surface area contributed by atoms with Crippen molar-refractivity contribution in [2.75, 3.05) is 31.1 Å². The highest BCUT2D eigenvalue weighted by atomic mass is 32.1. The minimum Gasteiger partial charge on any atom is -0.369 e. The second kappa shape index (κ2) is 7.53. The maximum Gasteiger partial charge on any atom is 0.181 e. The maximum absolute atomic E-state index is 5.89. The van der Waals surface area contributed by atoms with Gasteiger partial charge in [-0.2, -0.15) is 0 Å². The molecule has 2 fully saturated rings. The molecule has 140 valence electrons. The lowest BCUT2D eigenvalue weighted by molar-refractivity contribution is 0.202. The van der Waals surface area contributed by atoms with E-state index in [4.69, 9.17) is 12.2 Å². The van der Waals surface area contributed by atoms with Crippen molar-refractivity contribution in [3.8, 4) is 0 Å². The molecule has 0 amide bonds. The summed E-state index contributed by atoms with van der Waals surface area (Å²) in [5, 5.41) is 0. The molecule has 2 aromatic rings. The van der Waals surface area contributed by atoms with Crippen molar-refractivity contribution in [2.45, 2.75) is 52.2 Å². The number of imidazole rings is 1. The average molecular weight is 372 g/mol. The predicted octanol–water partition coefficient (Wildman–Crippen LogP) is 3.93. The standard InChI is InChI=1S/C20H29N5S/c1-16-17(2)25(19-5-3-4-6-19)20(26)24(16)15-22-11-13-23(14-12-22)18-7-9-21-10-8-18/h7-10,19H,3-6,11-15H2,1-2H3. The molecular weight excluding hydrogens is 342 g/mol. The lowest BCUT2D eigenvalue weighted by atomic mass is 10.2. The van der Waals surface area contributed by atoms with Crippen LogP contribution >= 0.6 is 12.2 Å². The van der Waals surface area contributed by atoms with E-state index >= 15 is 0 Å². The Morgan fingerprint density at radius 2 is 1.65 bits per heavy atom. The Kier molecular flexibility index (Phi) is 5.14. The van der Waals surface area contributed by atoms with Crippen molar-refractivity contribution in [1.82, 2.24) is 19.0 Å². The topological polar surface area (TPSA) is 29.2 Å². The third-order valence-corrected chi connectivity index (χ3v) is 6.58. The van der Waals surface area contributed by atoms with Crippen molar-refractivity contribution in [2.24, 2.45) is 0 Å². The fourth-order valence-corrected chi connectivity index (χ4v) is 4.93. The van der Waals surface area contributed by atoms with E-state index in [1.54, 1.807) is 0 Å². The molecule has 0 atom stereocenters. The van der Waals surface area contributed by atoms with Gasteiger partial charge in [0.1, 0.15) is 0 Å². The van der Waals surface area contributed by atoms with Crippen LogP contribution in [0.5, 0.6) is 0 Å². The highest BCUT2D eigenvalue weighted by Gasteiger charge is 2.24. The van der Waals surface area contributed by atoms with Gasteiger partial charge in [-0.15, -0.1) is 0 Å². The van der Waals surface area contributed by atoms with E-state index < -0.39 is 0 Å². The Morgan fingerprint density at radius 1 is 1.00 bits per heavy atom. The van der Waals surface area contributed by atoms with Crippen LogP contribution in [0.2, 0.25) is 0 Å². The largest absolute Gasteiger partial charge is 0.369 e. The molecule has 26 heavy (non-hydrogen) atoms. The van der Waals surface area contributed by atoms with Crippen LogP contribution in [0, 0.1) is 18.6 Å². The van der Waals surface area contributed by atoms with E-state index in [1.807, 2.05) is 12.4 Å². The van der Waals surface area contributed by atoms with Crippen LogP contribution in [0.25, 0.3) is 0 Å². The van der Waals surface area contributed by atoms with Crippen molar-refractivity contribution < 1.29 is 0 Å². The molecule has 0 spiro atoms. The van der Waals surface area contributed by atoms with E-state index in [0.717, 1.165) is 37.6 Å². The van der Waals surface area contributed by atoms with Gasteiger partial charge in [-0.05, 0) is 51.0 Å². The van der Waals surface area contributed by atoms with Crippen LogP contribution < -0.4 is 4.90 Å². The summed E-state index contributed by atoms with van der Waals surface area (Å²) in [6.07, 6.45) is 8.99. The number of piperazine rings is 1. The van der Waals surface area contributed by atoms with Gasteiger partial charge in [-0.25, -0.2) is 0 Å². The van der Waals surface area contributed by atoms with Crippen LogP contribution in [-0.4, -0.2) is 45.2 Å². The van der Waals surface area contributed by atoms with E-state index in [0.29, 0.717) is 6.04 Å². The lowest BCUT2D eigenvalue weighted by Crippen LogP contribution is -2.46. The van der Waals surface area contributed by atoms with Crippen LogP contribution in [0.1, 0.15) is 43.1 Å². The second-order valence-electron chi connectivity index (χ2n) is 7.64. The summed E-state index contributed by atoms with van der Waals surface area (Å²) in [6, 6.07) is 4.81. The molecule has 2 aromatic heterocycles. The second-order valence-corrected chi connectivity index (χ2v) is 8.01. The summed E-state index contributed by atoms with van der Waals surface area (Å²) in [5.74, 6) is 0. The van der Waals surface area contributed by atoms with Gasteiger partial charge in [0.25, 0.3) is 0 Å². The summed E-state index contributed by atoms with van der Waals surface area (Å²) < 4.78 is 5.80. The SMILES string of the molecule is Cc1c(C)n(C2CCCC2)c(=S)n1CN1CCN(c2ccncc2)CC1. The number of hydrogen-bond acceptors (Lipinski definition) is 4. The maximum atomic E-state index is 5.89. The van der Waals surface area contributed by atoms with Gasteiger partial charge in [0, 0.05) is 61.7 Å². The normalized spacial score (nSPS) is 19.4. The quantitative estimate of drug-likeness (QED) is 0.762. The molecule has 2 aliphatic rings.